The average molecular weight is 221 g/mol. The minimum absolute atomic E-state index is 0.435. The summed E-state index contributed by atoms with van der Waals surface area (Å²) >= 11 is 0. The molecule has 2 N–H and O–H groups in total. The van der Waals surface area contributed by atoms with Gasteiger partial charge in [-0.25, -0.2) is 0 Å². The maximum Gasteiger partial charge on any atom is 0.0149 e. The Bertz CT molecular complexity index is 573. The standard InChI is InChI=1S/C16H15N/c17-16-14-9-12-8-11(6-7-13(12)15(14)16)10-4-2-1-3-5-10/h1-8,14-16H,9,17H2/t14-,15+,16-/m0/s1. The molecule has 1 saturated carbocycles. The van der Waals surface area contributed by atoms with Crippen LogP contribution in [0.1, 0.15) is 17.0 Å². The van der Waals surface area contributed by atoms with E-state index in [2.05, 4.69) is 48.5 Å². The number of hydrogen-bond donors (Lipinski definition) is 1. The van der Waals surface area contributed by atoms with Gasteiger partial charge in [-0.15, -0.1) is 0 Å². The van der Waals surface area contributed by atoms with E-state index in [0.29, 0.717) is 12.0 Å². The van der Waals surface area contributed by atoms with Gasteiger partial charge in [0.15, 0.2) is 0 Å². The monoisotopic (exact) mass is 221 g/mol. The molecule has 0 radical (unpaired) electrons. The Labute approximate surface area is 101 Å². The molecule has 1 fully saturated rings. The second kappa shape index (κ2) is 3.21. The summed E-state index contributed by atoms with van der Waals surface area (Å²) in [5.74, 6) is 1.39. The van der Waals surface area contributed by atoms with Crippen LogP contribution in [0.3, 0.4) is 0 Å². The number of hydrogen-bond acceptors (Lipinski definition) is 1. The van der Waals surface area contributed by atoms with Crippen molar-refractivity contribution in [1.29, 1.82) is 0 Å². The van der Waals surface area contributed by atoms with Gasteiger partial charge in [0.05, 0.1) is 0 Å². The lowest BCUT2D eigenvalue weighted by Crippen LogP contribution is -2.08. The van der Waals surface area contributed by atoms with Gasteiger partial charge in [-0.05, 0) is 34.6 Å². The van der Waals surface area contributed by atoms with Crippen LogP contribution >= 0.6 is 0 Å². The third-order valence-electron chi connectivity index (χ3n) is 4.29. The number of benzene rings is 2. The molecule has 0 unspecified atom stereocenters. The third-order valence-corrected chi connectivity index (χ3v) is 4.29. The van der Waals surface area contributed by atoms with Crippen molar-refractivity contribution in [3.63, 3.8) is 0 Å². The fourth-order valence-corrected chi connectivity index (χ4v) is 3.27. The van der Waals surface area contributed by atoms with Crippen LogP contribution in [0, 0.1) is 5.92 Å². The van der Waals surface area contributed by atoms with Gasteiger partial charge in [0.25, 0.3) is 0 Å². The van der Waals surface area contributed by atoms with E-state index in [1.807, 2.05) is 0 Å². The van der Waals surface area contributed by atoms with Crippen LogP contribution in [-0.4, -0.2) is 6.04 Å². The van der Waals surface area contributed by atoms with Crippen LogP contribution in [0.15, 0.2) is 48.5 Å². The number of rotatable bonds is 1. The van der Waals surface area contributed by atoms with Crippen molar-refractivity contribution in [1.82, 2.24) is 0 Å². The van der Waals surface area contributed by atoms with E-state index in [4.69, 9.17) is 5.73 Å². The smallest absolute Gasteiger partial charge is 0.0149 e. The van der Waals surface area contributed by atoms with Crippen molar-refractivity contribution >= 4 is 0 Å². The van der Waals surface area contributed by atoms with Crippen LogP contribution < -0.4 is 5.73 Å². The molecule has 4 rings (SSSR count). The molecule has 0 aromatic heterocycles. The average Bonchev–Trinajstić information content (AvgIpc) is 2.87. The lowest BCUT2D eigenvalue weighted by atomic mass is 9.98. The molecular formula is C16H15N. The lowest BCUT2D eigenvalue weighted by Gasteiger charge is -2.08. The Hall–Kier alpha value is -1.60. The molecule has 0 heterocycles. The van der Waals surface area contributed by atoms with Gasteiger partial charge in [0.1, 0.15) is 0 Å². The van der Waals surface area contributed by atoms with Crippen molar-refractivity contribution in [2.45, 2.75) is 18.4 Å². The van der Waals surface area contributed by atoms with Gasteiger partial charge in [-0.3, -0.25) is 0 Å². The maximum absolute atomic E-state index is 6.04. The second-order valence-electron chi connectivity index (χ2n) is 5.25. The third kappa shape index (κ3) is 1.29. The van der Waals surface area contributed by atoms with Crippen molar-refractivity contribution < 1.29 is 0 Å². The van der Waals surface area contributed by atoms with Gasteiger partial charge in [-0.2, -0.15) is 0 Å². The summed E-state index contributed by atoms with van der Waals surface area (Å²) in [6, 6.07) is 17.9. The Kier molecular flexibility index (Phi) is 1.78. The first kappa shape index (κ1) is 9.43. The van der Waals surface area contributed by atoms with Crippen LogP contribution in [0.25, 0.3) is 11.1 Å². The van der Waals surface area contributed by atoms with E-state index < -0.39 is 0 Å². The van der Waals surface area contributed by atoms with Gasteiger partial charge < -0.3 is 5.73 Å². The molecule has 1 nitrogen and oxygen atoms in total. The highest BCUT2D eigenvalue weighted by molar-refractivity contribution is 5.66. The molecule has 2 aliphatic carbocycles. The van der Waals surface area contributed by atoms with E-state index in [0.717, 1.165) is 5.92 Å². The van der Waals surface area contributed by atoms with Crippen molar-refractivity contribution in [2.24, 2.45) is 11.7 Å². The molecule has 2 aliphatic rings. The molecule has 0 bridgehead atoms. The maximum atomic E-state index is 6.04. The van der Waals surface area contributed by atoms with E-state index in [9.17, 15) is 0 Å². The fourth-order valence-electron chi connectivity index (χ4n) is 3.27. The second-order valence-corrected chi connectivity index (χ2v) is 5.25. The predicted molar refractivity (Wildman–Crippen MR) is 69.8 cm³/mol. The summed E-state index contributed by atoms with van der Waals surface area (Å²) in [6.45, 7) is 0. The summed E-state index contributed by atoms with van der Waals surface area (Å²) in [6.07, 6.45) is 1.18. The van der Waals surface area contributed by atoms with Gasteiger partial charge in [0.2, 0.25) is 0 Å². The van der Waals surface area contributed by atoms with Crippen molar-refractivity contribution in [3.8, 4) is 11.1 Å². The summed E-state index contributed by atoms with van der Waals surface area (Å²) < 4.78 is 0. The summed E-state index contributed by atoms with van der Waals surface area (Å²) in [5.41, 5.74) is 11.7. The normalized spacial score (nSPS) is 28.6. The molecule has 0 aliphatic heterocycles. The van der Waals surface area contributed by atoms with Crippen molar-refractivity contribution in [2.75, 3.05) is 0 Å². The zero-order chi connectivity index (χ0) is 11.4. The largest absolute Gasteiger partial charge is 0.327 e. The van der Waals surface area contributed by atoms with E-state index in [-0.39, 0.29) is 0 Å². The number of nitrogens with two attached hydrogens (primary N) is 1. The van der Waals surface area contributed by atoms with E-state index in [1.54, 1.807) is 0 Å². The minimum atomic E-state index is 0.435. The highest BCUT2D eigenvalue weighted by Crippen LogP contribution is 2.55. The molecule has 17 heavy (non-hydrogen) atoms. The molecule has 3 atom stereocenters. The molecule has 0 spiro atoms. The fraction of sp³-hybridized carbons (Fsp3) is 0.250. The van der Waals surface area contributed by atoms with Crippen LogP contribution in [0.5, 0.6) is 0 Å². The zero-order valence-electron chi connectivity index (χ0n) is 9.64. The molecular weight excluding hydrogens is 206 g/mol. The van der Waals surface area contributed by atoms with Crippen LogP contribution in [0.4, 0.5) is 0 Å². The highest BCUT2D eigenvalue weighted by Gasteiger charge is 2.53. The van der Waals surface area contributed by atoms with E-state index >= 15 is 0 Å². The van der Waals surface area contributed by atoms with Crippen LogP contribution in [0.2, 0.25) is 0 Å². The minimum Gasteiger partial charge on any atom is -0.327 e. The molecule has 2 aromatic rings. The number of fused-ring (bicyclic) bond motifs is 3. The molecule has 1 heteroatoms. The highest BCUT2D eigenvalue weighted by atomic mass is 14.8. The Morgan fingerprint density at radius 1 is 0.941 bits per heavy atom. The van der Waals surface area contributed by atoms with Crippen LogP contribution in [-0.2, 0) is 6.42 Å². The summed E-state index contributed by atoms with van der Waals surface area (Å²) in [5, 5.41) is 0. The Balaban J connectivity index is 1.77. The van der Waals surface area contributed by atoms with Gasteiger partial charge in [0, 0.05) is 12.0 Å². The topological polar surface area (TPSA) is 26.0 Å². The van der Waals surface area contributed by atoms with Gasteiger partial charge >= 0.3 is 0 Å². The Morgan fingerprint density at radius 3 is 2.59 bits per heavy atom. The summed E-state index contributed by atoms with van der Waals surface area (Å²) in [7, 11) is 0. The summed E-state index contributed by atoms with van der Waals surface area (Å²) in [4.78, 5) is 0. The quantitative estimate of drug-likeness (QED) is 0.787. The molecule has 0 saturated heterocycles. The Morgan fingerprint density at radius 2 is 1.76 bits per heavy atom. The van der Waals surface area contributed by atoms with E-state index in [1.165, 1.54) is 28.7 Å². The molecule has 84 valence electrons. The zero-order valence-corrected chi connectivity index (χ0v) is 9.64. The molecule has 0 amide bonds. The molecule has 2 aromatic carbocycles. The SMILES string of the molecule is N[C@H]1[C@H]2Cc3cc(-c4ccccc4)ccc3[C@@H]12. The van der Waals surface area contributed by atoms with Gasteiger partial charge in [-0.1, -0.05) is 48.5 Å². The predicted octanol–water partition coefficient (Wildman–Crippen LogP) is 2.95. The first-order valence-electron chi connectivity index (χ1n) is 6.28. The lowest BCUT2D eigenvalue weighted by molar-refractivity contribution is 0.801. The van der Waals surface area contributed by atoms with Crippen molar-refractivity contribution in [3.05, 3.63) is 59.7 Å². The first-order valence-corrected chi connectivity index (χ1v) is 6.28. The first-order chi connectivity index (χ1) is 8.34.